The van der Waals surface area contributed by atoms with Gasteiger partial charge >= 0.3 is 5.69 Å². The van der Waals surface area contributed by atoms with Gasteiger partial charge in [-0.1, -0.05) is 6.08 Å². The van der Waals surface area contributed by atoms with Gasteiger partial charge in [-0.15, -0.1) is 0 Å². The zero-order valence-electron chi connectivity index (χ0n) is 9.60. The van der Waals surface area contributed by atoms with Crippen LogP contribution in [0.4, 0.5) is 5.69 Å². The molecule has 0 spiro atoms. The van der Waals surface area contributed by atoms with E-state index in [-0.39, 0.29) is 5.69 Å². The summed E-state index contributed by atoms with van der Waals surface area (Å²) in [4.78, 5) is 10.3. The Kier molecular flexibility index (Phi) is 3.39. The Hall–Kier alpha value is -1.88. The van der Waals surface area contributed by atoms with E-state index >= 15 is 0 Å². The second-order valence-corrected chi connectivity index (χ2v) is 3.84. The first-order valence-electron chi connectivity index (χ1n) is 5.45. The molecule has 1 aliphatic rings. The highest BCUT2D eigenvalue weighted by molar-refractivity contribution is 5.70. The van der Waals surface area contributed by atoms with Crippen LogP contribution in [0.3, 0.4) is 0 Å². The highest BCUT2D eigenvalue weighted by Crippen LogP contribution is 2.30. The Morgan fingerprint density at radius 1 is 1.47 bits per heavy atom. The van der Waals surface area contributed by atoms with Crippen molar-refractivity contribution in [2.24, 2.45) is 0 Å². The van der Waals surface area contributed by atoms with E-state index in [1.165, 1.54) is 13.2 Å². The predicted molar refractivity (Wildman–Crippen MR) is 65.1 cm³/mol. The van der Waals surface area contributed by atoms with Crippen molar-refractivity contribution >= 4 is 11.3 Å². The summed E-state index contributed by atoms with van der Waals surface area (Å²) in [6.07, 6.45) is 3.13. The fourth-order valence-corrected chi connectivity index (χ4v) is 1.89. The lowest BCUT2D eigenvalue weighted by molar-refractivity contribution is -0.385. The highest BCUT2D eigenvalue weighted by atomic mass is 16.6. The number of nitrogens with zero attached hydrogens (tertiary/aromatic N) is 1. The van der Waals surface area contributed by atoms with Gasteiger partial charge in [-0.25, -0.2) is 0 Å². The third kappa shape index (κ3) is 2.45. The Morgan fingerprint density at radius 3 is 2.88 bits per heavy atom. The van der Waals surface area contributed by atoms with Crippen LogP contribution in [0.25, 0.3) is 5.57 Å². The van der Waals surface area contributed by atoms with Gasteiger partial charge in [0.2, 0.25) is 0 Å². The first-order chi connectivity index (χ1) is 8.22. The molecule has 0 radical (unpaired) electrons. The lowest BCUT2D eigenvalue weighted by Gasteiger charge is -2.15. The van der Waals surface area contributed by atoms with E-state index in [2.05, 4.69) is 11.4 Å². The molecule has 90 valence electrons. The van der Waals surface area contributed by atoms with Crippen LogP contribution in [0.5, 0.6) is 5.75 Å². The van der Waals surface area contributed by atoms with Gasteiger partial charge in [0.15, 0.2) is 5.75 Å². The molecular weight excluding hydrogens is 220 g/mol. The second kappa shape index (κ2) is 4.97. The van der Waals surface area contributed by atoms with Crippen LogP contribution >= 0.6 is 0 Å². The minimum Gasteiger partial charge on any atom is -0.490 e. The van der Waals surface area contributed by atoms with Crippen molar-refractivity contribution in [2.45, 2.75) is 6.42 Å². The van der Waals surface area contributed by atoms with Gasteiger partial charge in [0.1, 0.15) is 0 Å². The van der Waals surface area contributed by atoms with Gasteiger partial charge in [-0.2, -0.15) is 0 Å². The molecule has 1 heterocycles. The van der Waals surface area contributed by atoms with E-state index in [9.17, 15) is 10.1 Å². The van der Waals surface area contributed by atoms with Gasteiger partial charge < -0.3 is 10.1 Å². The van der Waals surface area contributed by atoms with Gasteiger partial charge in [0, 0.05) is 12.6 Å². The molecule has 1 aromatic carbocycles. The molecule has 0 aromatic heterocycles. The lowest BCUT2D eigenvalue weighted by atomic mass is 10.0. The average molecular weight is 234 g/mol. The number of nitro groups is 1. The zero-order valence-corrected chi connectivity index (χ0v) is 9.60. The fourth-order valence-electron chi connectivity index (χ4n) is 1.89. The summed E-state index contributed by atoms with van der Waals surface area (Å²) in [6.45, 7) is 1.77. The third-order valence-corrected chi connectivity index (χ3v) is 2.77. The molecule has 1 N–H and O–H groups in total. The lowest BCUT2D eigenvalue weighted by Crippen LogP contribution is -2.21. The molecule has 17 heavy (non-hydrogen) atoms. The van der Waals surface area contributed by atoms with Crippen molar-refractivity contribution in [3.05, 3.63) is 40.0 Å². The van der Waals surface area contributed by atoms with E-state index in [0.29, 0.717) is 5.75 Å². The minimum atomic E-state index is -0.434. The molecule has 0 saturated carbocycles. The number of hydrogen-bond acceptors (Lipinski definition) is 4. The smallest absolute Gasteiger partial charge is 0.310 e. The maximum Gasteiger partial charge on any atom is 0.310 e. The Labute approximate surface area is 99.2 Å². The summed E-state index contributed by atoms with van der Waals surface area (Å²) in [7, 11) is 1.44. The number of nitrogens with one attached hydrogen (secondary N) is 1. The van der Waals surface area contributed by atoms with Crippen LogP contribution in [-0.2, 0) is 0 Å². The molecule has 0 saturated heterocycles. The number of ether oxygens (including phenoxy) is 1. The number of rotatable bonds is 3. The Bertz CT molecular complexity index is 469. The van der Waals surface area contributed by atoms with Gasteiger partial charge in [-0.05, 0) is 36.2 Å². The Morgan fingerprint density at radius 2 is 2.29 bits per heavy atom. The van der Waals surface area contributed by atoms with Crippen LogP contribution in [0, 0.1) is 10.1 Å². The van der Waals surface area contributed by atoms with E-state index in [1.807, 2.05) is 0 Å². The summed E-state index contributed by atoms with van der Waals surface area (Å²) in [5.41, 5.74) is 2.13. The van der Waals surface area contributed by atoms with Gasteiger partial charge in [-0.3, -0.25) is 10.1 Å². The van der Waals surface area contributed by atoms with Crippen molar-refractivity contribution in [3.63, 3.8) is 0 Å². The maximum absolute atomic E-state index is 10.8. The summed E-state index contributed by atoms with van der Waals surface area (Å²) in [5, 5.41) is 14.0. The molecule has 0 amide bonds. The van der Waals surface area contributed by atoms with E-state index in [4.69, 9.17) is 4.74 Å². The zero-order chi connectivity index (χ0) is 12.3. The molecule has 0 aliphatic carbocycles. The molecule has 0 atom stereocenters. The van der Waals surface area contributed by atoms with Crippen LogP contribution in [0.1, 0.15) is 12.0 Å². The molecule has 2 rings (SSSR count). The standard InChI is InChI=1S/C12H14N2O3/c1-17-12-7-9(4-5-11(12)14(15)16)10-3-2-6-13-8-10/h3-5,7,13H,2,6,8H2,1H3. The summed E-state index contributed by atoms with van der Waals surface area (Å²) < 4.78 is 5.05. The van der Waals surface area contributed by atoms with Crippen molar-refractivity contribution < 1.29 is 9.66 Å². The molecule has 0 bridgehead atoms. The SMILES string of the molecule is COc1cc(C2=CCCNC2)ccc1[N+](=O)[O-]. The van der Waals surface area contributed by atoms with Crippen LogP contribution < -0.4 is 10.1 Å². The molecule has 5 nitrogen and oxygen atoms in total. The van der Waals surface area contributed by atoms with Crippen LogP contribution in [-0.4, -0.2) is 25.1 Å². The predicted octanol–water partition coefficient (Wildman–Crippen LogP) is 1.98. The molecule has 1 aliphatic heterocycles. The van der Waals surface area contributed by atoms with Crippen molar-refractivity contribution in [1.29, 1.82) is 0 Å². The Balaban J connectivity index is 2.37. The van der Waals surface area contributed by atoms with E-state index < -0.39 is 4.92 Å². The quantitative estimate of drug-likeness (QED) is 0.641. The van der Waals surface area contributed by atoms with Crippen LogP contribution in [0.2, 0.25) is 0 Å². The third-order valence-electron chi connectivity index (χ3n) is 2.77. The highest BCUT2D eigenvalue weighted by Gasteiger charge is 2.16. The second-order valence-electron chi connectivity index (χ2n) is 3.84. The summed E-state index contributed by atoms with van der Waals surface area (Å²) >= 11 is 0. The summed E-state index contributed by atoms with van der Waals surface area (Å²) in [6, 6.07) is 4.97. The molecular formula is C12H14N2O3. The first kappa shape index (κ1) is 11.6. The maximum atomic E-state index is 10.8. The minimum absolute atomic E-state index is 0.000573. The summed E-state index contributed by atoms with van der Waals surface area (Å²) in [5.74, 6) is 0.305. The largest absolute Gasteiger partial charge is 0.490 e. The monoisotopic (exact) mass is 234 g/mol. The molecule has 5 heteroatoms. The first-order valence-corrected chi connectivity index (χ1v) is 5.45. The average Bonchev–Trinajstić information content (AvgIpc) is 2.39. The number of benzene rings is 1. The van der Waals surface area contributed by atoms with Crippen molar-refractivity contribution in [1.82, 2.24) is 5.32 Å². The number of nitro benzene ring substituents is 1. The van der Waals surface area contributed by atoms with E-state index in [0.717, 1.165) is 30.6 Å². The van der Waals surface area contributed by atoms with Crippen molar-refractivity contribution in [2.75, 3.05) is 20.2 Å². The number of methoxy groups -OCH3 is 1. The van der Waals surface area contributed by atoms with Crippen molar-refractivity contribution in [3.8, 4) is 5.75 Å². The van der Waals surface area contributed by atoms with E-state index in [1.54, 1.807) is 12.1 Å². The van der Waals surface area contributed by atoms with Gasteiger partial charge in [0.25, 0.3) is 0 Å². The number of hydrogen-bond donors (Lipinski definition) is 1. The molecule has 0 unspecified atom stereocenters. The molecule has 0 fully saturated rings. The normalized spacial score (nSPS) is 15.2. The molecule has 1 aromatic rings. The van der Waals surface area contributed by atoms with Crippen LogP contribution in [0.15, 0.2) is 24.3 Å². The topological polar surface area (TPSA) is 64.4 Å². The van der Waals surface area contributed by atoms with Gasteiger partial charge in [0.05, 0.1) is 12.0 Å². The fraction of sp³-hybridized carbons (Fsp3) is 0.333.